The Morgan fingerprint density at radius 2 is 1.78 bits per heavy atom. The molecule has 18 heavy (non-hydrogen) atoms. The highest BCUT2D eigenvalue weighted by Gasteiger charge is 2.32. The SMILES string of the molecule is CC1CN(S(C)(=O)=O)c2ccccc2N(C)C1=O. The van der Waals surface area contributed by atoms with Gasteiger partial charge in [-0.2, -0.15) is 0 Å². The Labute approximate surface area is 107 Å². The lowest BCUT2D eigenvalue weighted by atomic mass is 10.1. The Morgan fingerprint density at radius 1 is 1.22 bits per heavy atom. The molecule has 98 valence electrons. The van der Waals surface area contributed by atoms with Crippen molar-refractivity contribution in [2.45, 2.75) is 6.92 Å². The second-order valence-corrected chi connectivity index (χ2v) is 6.49. The van der Waals surface area contributed by atoms with Crippen molar-refractivity contribution in [1.82, 2.24) is 0 Å². The highest BCUT2D eigenvalue weighted by Crippen LogP contribution is 2.34. The molecule has 6 heteroatoms. The van der Waals surface area contributed by atoms with Gasteiger partial charge in [-0.25, -0.2) is 8.42 Å². The smallest absolute Gasteiger partial charge is 0.232 e. The molecule has 1 heterocycles. The van der Waals surface area contributed by atoms with Crippen molar-refractivity contribution in [3.05, 3.63) is 24.3 Å². The second kappa shape index (κ2) is 4.28. The van der Waals surface area contributed by atoms with Gasteiger partial charge >= 0.3 is 0 Å². The van der Waals surface area contributed by atoms with Gasteiger partial charge in [-0.1, -0.05) is 19.1 Å². The summed E-state index contributed by atoms with van der Waals surface area (Å²) in [5.74, 6) is -0.439. The molecule has 5 nitrogen and oxygen atoms in total. The number of anilines is 2. The number of fused-ring (bicyclic) bond motifs is 1. The monoisotopic (exact) mass is 268 g/mol. The number of sulfonamides is 1. The van der Waals surface area contributed by atoms with Crippen molar-refractivity contribution in [2.75, 3.05) is 29.1 Å². The minimum atomic E-state index is -3.39. The van der Waals surface area contributed by atoms with Gasteiger partial charge in [-0.3, -0.25) is 9.10 Å². The lowest BCUT2D eigenvalue weighted by Gasteiger charge is -2.23. The number of carbonyl (C=O) groups is 1. The fourth-order valence-electron chi connectivity index (χ4n) is 2.15. The Morgan fingerprint density at radius 3 is 2.33 bits per heavy atom. The molecule has 1 aromatic rings. The van der Waals surface area contributed by atoms with Crippen LogP contribution in [0.4, 0.5) is 11.4 Å². The third-order valence-corrected chi connectivity index (χ3v) is 4.25. The molecule has 0 saturated carbocycles. The van der Waals surface area contributed by atoms with Crippen molar-refractivity contribution < 1.29 is 13.2 Å². The number of nitrogens with zero attached hydrogens (tertiary/aromatic N) is 2. The fourth-order valence-corrected chi connectivity index (χ4v) is 3.15. The number of carbonyl (C=O) groups excluding carboxylic acids is 1. The van der Waals surface area contributed by atoms with E-state index >= 15 is 0 Å². The zero-order valence-electron chi connectivity index (χ0n) is 10.6. The topological polar surface area (TPSA) is 57.7 Å². The van der Waals surface area contributed by atoms with Gasteiger partial charge in [0.15, 0.2) is 0 Å². The van der Waals surface area contributed by atoms with Crippen LogP contribution in [0.2, 0.25) is 0 Å². The number of benzene rings is 1. The summed E-state index contributed by atoms with van der Waals surface area (Å²) in [5.41, 5.74) is 1.18. The van der Waals surface area contributed by atoms with Gasteiger partial charge in [0.2, 0.25) is 15.9 Å². The molecule has 0 fully saturated rings. The second-order valence-electron chi connectivity index (χ2n) is 4.58. The van der Waals surface area contributed by atoms with E-state index in [9.17, 15) is 13.2 Å². The van der Waals surface area contributed by atoms with Crippen LogP contribution in [0.25, 0.3) is 0 Å². The minimum Gasteiger partial charge on any atom is -0.313 e. The van der Waals surface area contributed by atoms with Crippen LogP contribution in [0, 0.1) is 5.92 Å². The predicted octanol–water partition coefficient (Wildman–Crippen LogP) is 1.07. The van der Waals surface area contributed by atoms with Crippen LogP contribution in [0.15, 0.2) is 24.3 Å². The molecular weight excluding hydrogens is 252 g/mol. The van der Waals surface area contributed by atoms with Gasteiger partial charge < -0.3 is 4.90 Å². The molecule has 1 atom stereocenters. The van der Waals surface area contributed by atoms with Gasteiger partial charge in [-0.15, -0.1) is 0 Å². The van der Waals surface area contributed by atoms with Crippen LogP contribution in [0.1, 0.15) is 6.92 Å². The van der Waals surface area contributed by atoms with Gasteiger partial charge in [-0.05, 0) is 12.1 Å². The zero-order chi connectivity index (χ0) is 13.5. The maximum atomic E-state index is 12.1. The Balaban J connectivity index is 2.65. The van der Waals surface area contributed by atoms with Gasteiger partial charge in [0.25, 0.3) is 0 Å². The molecule has 0 bridgehead atoms. The van der Waals surface area contributed by atoms with E-state index in [1.165, 1.54) is 9.21 Å². The first kappa shape index (κ1) is 12.9. The molecule has 0 N–H and O–H groups in total. The van der Waals surface area contributed by atoms with Crippen LogP contribution in [0.3, 0.4) is 0 Å². The number of hydrogen-bond acceptors (Lipinski definition) is 3. The fraction of sp³-hybridized carbons (Fsp3) is 0.417. The molecule has 0 aromatic heterocycles. The number of hydrogen-bond donors (Lipinski definition) is 0. The number of para-hydroxylation sites is 2. The summed E-state index contributed by atoms with van der Waals surface area (Å²) in [6, 6.07) is 7.03. The molecule has 0 spiro atoms. The van der Waals surface area contributed by atoms with Crippen molar-refractivity contribution >= 4 is 27.3 Å². The first-order valence-electron chi connectivity index (χ1n) is 5.66. The van der Waals surface area contributed by atoms with Crippen molar-refractivity contribution in [2.24, 2.45) is 5.92 Å². The summed E-state index contributed by atoms with van der Waals surface area (Å²) in [7, 11) is -1.72. The molecular formula is C12H16N2O3S. The average molecular weight is 268 g/mol. The van der Waals surface area contributed by atoms with Crippen LogP contribution < -0.4 is 9.21 Å². The van der Waals surface area contributed by atoms with E-state index in [1.54, 1.807) is 38.2 Å². The lowest BCUT2D eigenvalue weighted by molar-refractivity contribution is -0.121. The third kappa shape index (κ3) is 2.08. The maximum Gasteiger partial charge on any atom is 0.232 e. The van der Waals surface area contributed by atoms with Crippen molar-refractivity contribution in [3.8, 4) is 0 Å². The third-order valence-electron chi connectivity index (χ3n) is 3.10. The van der Waals surface area contributed by atoms with Crippen LogP contribution >= 0.6 is 0 Å². The van der Waals surface area contributed by atoms with E-state index in [4.69, 9.17) is 0 Å². The molecule has 0 aliphatic carbocycles. The zero-order valence-corrected chi connectivity index (χ0v) is 11.4. The largest absolute Gasteiger partial charge is 0.313 e. The molecule has 2 rings (SSSR count). The van der Waals surface area contributed by atoms with Crippen molar-refractivity contribution in [3.63, 3.8) is 0 Å². The molecule has 1 amide bonds. The maximum absolute atomic E-state index is 12.1. The molecule has 1 unspecified atom stereocenters. The summed E-state index contributed by atoms with van der Waals surface area (Å²) in [6.45, 7) is 1.92. The molecule has 1 aliphatic heterocycles. The molecule has 1 aromatic carbocycles. The first-order valence-corrected chi connectivity index (χ1v) is 7.51. The van der Waals surface area contributed by atoms with Crippen LogP contribution in [-0.4, -0.2) is 34.2 Å². The molecule has 0 saturated heterocycles. The summed E-state index contributed by atoms with van der Waals surface area (Å²) < 4.78 is 25.0. The quantitative estimate of drug-likeness (QED) is 0.765. The Bertz CT molecular complexity index is 583. The first-order chi connectivity index (χ1) is 8.32. The average Bonchev–Trinajstić information content (AvgIpc) is 2.40. The summed E-state index contributed by atoms with van der Waals surface area (Å²) in [4.78, 5) is 13.6. The van der Waals surface area contributed by atoms with Gasteiger partial charge in [0.05, 0.1) is 23.5 Å². The standard InChI is InChI=1S/C12H16N2O3S/c1-9-8-14(18(3,16)17)11-7-5-4-6-10(11)13(2)12(9)15/h4-7,9H,8H2,1-3H3. The van der Waals surface area contributed by atoms with Crippen LogP contribution in [0.5, 0.6) is 0 Å². The van der Waals surface area contributed by atoms with E-state index in [0.717, 1.165) is 6.26 Å². The number of rotatable bonds is 1. The Kier molecular flexibility index (Phi) is 3.06. The van der Waals surface area contributed by atoms with Crippen LogP contribution in [-0.2, 0) is 14.8 Å². The Hall–Kier alpha value is -1.56. The summed E-state index contributed by atoms with van der Waals surface area (Å²) in [5, 5.41) is 0. The van der Waals surface area contributed by atoms with E-state index in [-0.39, 0.29) is 18.4 Å². The van der Waals surface area contributed by atoms with Crippen molar-refractivity contribution in [1.29, 1.82) is 0 Å². The van der Waals surface area contributed by atoms with Gasteiger partial charge in [0.1, 0.15) is 0 Å². The highest BCUT2D eigenvalue weighted by molar-refractivity contribution is 7.92. The summed E-state index contributed by atoms with van der Waals surface area (Å²) >= 11 is 0. The number of amides is 1. The predicted molar refractivity (Wildman–Crippen MR) is 71.2 cm³/mol. The van der Waals surface area contributed by atoms with E-state index in [1.807, 2.05) is 0 Å². The van der Waals surface area contributed by atoms with E-state index < -0.39 is 10.0 Å². The van der Waals surface area contributed by atoms with E-state index in [0.29, 0.717) is 11.4 Å². The van der Waals surface area contributed by atoms with E-state index in [2.05, 4.69) is 0 Å². The normalized spacial score (nSPS) is 20.6. The lowest BCUT2D eigenvalue weighted by Crippen LogP contribution is -2.36. The molecule has 1 aliphatic rings. The summed E-state index contributed by atoms with van der Waals surface area (Å²) in [6.07, 6.45) is 1.16. The van der Waals surface area contributed by atoms with Gasteiger partial charge in [0, 0.05) is 13.6 Å². The molecule has 0 radical (unpaired) electrons. The highest BCUT2D eigenvalue weighted by atomic mass is 32.2. The minimum absolute atomic E-state index is 0.0754.